The second-order valence-electron chi connectivity index (χ2n) is 5.87. The van der Waals surface area contributed by atoms with Crippen LogP contribution in [0.3, 0.4) is 0 Å². The molecule has 1 saturated heterocycles. The minimum Gasteiger partial charge on any atom is -0.486 e. The van der Waals surface area contributed by atoms with Gasteiger partial charge in [-0.3, -0.25) is 4.90 Å². The Hall–Kier alpha value is -1.11. The number of rotatable bonds is 1. The second-order valence-corrected chi connectivity index (χ2v) is 7.55. The summed E-state index contributed by atoms with van der Waals surface area (Å²) in [4.78, 5) is 2.62. The van der Waals surface area contributed by atoms with Crippen LogP contribution in [0.5, 0.6) is 5.75 Å². The largest absolute Gasteiger partial charge is 0.486 e. The number of ether oxygens (including phenoxy) is 1. The van der Waals surface area contributed by atoms with Gasteiger partial charge in [-0.1, -0.05) is 18.6 Å². The number of nitrogens with zero attached hydrogens (tertiary/aromatic N) is 1. The van der Waals surface area contributed by atoms with E-state index in [1.54, 1.807) is 18.2 Å². The fourth-order valence-corrected chi connectivity index (χ4v) is 4.67. The first-order chi connectivity index (χ1) is 9.63. The van der Waals surface area contributed by atoms with Gasteiger partial charge in [0, 0.05) is 19.1 Å². The Morgan fingerprint density at radius 2 is 2.00 bits per heavy atom. The molecule has 5 nitrogen and oxygen atoms in total. The van der Waals surface area contributed by atoms with Gasteiger partial charge in [0.2, 0.25) is 10.0 Å². The van der Waals surface area contributed by atoms with Crippen LogP contribution in [0.1, 0.15) is 19.3 Å². The Balaban J connectivity index is 1.65. The van der Waals surface area contributed by atoms with Crippen molar-refractivity contribution in [2.75, 3.05) is 13.1 Å². The summed E-state index contributed by atoms with van der Waals surface area (Å²) >= 11 is 0. The highest BCUT2D eigenvalue weighted by Crippen LogP contribution is 2.33. The average Bonchev–Trinajstić information content (AvgIpc) is 2.65. The van der Waals surface area contributed by atoms with Crippen molar-refractivity contribution >= 4 is 10.0 Å². The maximum Gasteiger partial charge on any atom is 0.244 e. The van der Waals surface area contributed by atoms with Crippen molar-refractivity contribution in [2.45, 2.75) is 42.3 Å². The third-order valence-corrected chi connectivity index (χ3v) is 6.14. The monoisotopic (exact) mass is 294 g/mol. The van der Waals surface area contributed by atoms with Crippen molar-refractivity contribution in [2.24, 2.45) is 0 Å². The van der Waals surface area contributed by atoms with Crippen molar-refractivity contribution in [3.05, 3.63) is 24.3 Å². The molecule has 0 bridgehead atoms. The summed E-state index contributed by atoms with van der Waals surface area (Å²) in [6, 6.07) is 7.35. The number of hydrogen-bond acceptors (Lipinski definition) is 4. The molecular weight excluding hydrogens is 276 g/mol. The van der Waals surface area contributed by atoms with E-state index < -0.39 is 10.0 Å². The Bertz CT molecular complexity index is 627. The first-order valence-corrected chi connectivity index (χ1v) is 8.64. The first-order valence-electron chi connectivity index (χ1n) is 7.15. The Morgan fingerprint density at radius 3 is 2.75 bits per heavy atom. The summed E-state index contributed by atoms with van der Waals surface area (Å²) < 4.78 is 33.6. The van der Waals surface area contributed by atoms with Gasteiger partial charge in [-0.15, -0.1) is 0 Å². The van der Waals surface area contributed by atoms with Gasteiger partial charge in [0.1, 0.15) is 16.7 Å². The lowest BCUT2D eigenvalue weighted by Crippen LogP contribution is -2.43. The Kier molecular flexibility index (Phi) is 2.80. The van der Waals surface area contributed by atoms with E-state index in [1.807, 2.05) is 6.07 Å². The number of benzene rings is 1. The molecule has 2 atom stereocenters. The molecule has 0 unspecified atom stereocenters. The molecule has 6 heteroatoms. The van der Waals surface area contributed by atoms with E-state index in [0.29, 0.717) is 11.8 Å². The fraction of sp³-hybridized carbons (Fsp3) is 0.571. The predicted molar refractivity (Wildman–Crippen MR) is 74.2 cm³/mol. The third kappa shape index (κ3) is 1.94. The molecule has 4 rings (SSSR count). The molecule has 1 aliphatic carbocycles. The van der Waals surface area contributed by atoms with Crippen molar-refractivity contribution in [1.82, 2.24) is 9.62 Å². The van der Waals surface area contributed by atoms with Gasteiger partial charge in [0.05, 0.1) is 6.04 Å². The van der Waals surface area contributed by atoms with Gasteiger partial charge in [-0.25, -0.2) is 13.1 Å². The summed E-state index contributed by atoms with van der Waals surface area (Å²) in [6.45, 7) is 1.56. The number of hydrogen-bond donors (Lipinski definition) is 1. The molecule has 0 aromatic heterocycles. The van der Waals surface area contributed by atoms with Crippen LogP contribution in [-0.2, 0) is 10.0 Å². The topological polar surface area (TPSA) is 58.6 Å². The first kappa shape index (κ1) is 12.6. The second kappa shape index (κ2) is 4.44. The molecule has 1 saturated carbocycles. The van der Waals surface area contributed by atoms with Gasteiger partial charge >= 0.3 is 0 Å². The maximum atomic E-state index is 12.4. The molecule has 108 valence electrons. The summed E-state index contributed by atoms with van der Waals surface area (Å²) in [5.74, 6) is 0.475. The number of para-hydroxylation sites is 1. The predicted octanol–water partition coefficient (Wildman–Crippen LogP) is 0.963. The van der Waals surface area contributed by atoms with E-state index in [2.05, 4.69) is 9.62 Å². The van der Waals surface area contributed by atoms with Crippen LogP contribution in [0.2, 0.25) is 0 Å². The standard InChI is InChI=1S/C14H18N2O3S/c17-20(18)14-7-2-1-6-12(14)19-13-9-16(8-11(13)15-20)10-4-3-5-10/h1-2,6-7,10-11,13,15H,3-5,8-9H2/t11-,13+/m1/s1. The molecule has 1 aromatic rings. The molecule has 1 aromatic carbocycles. The van der Waals surface area contributed by atoms with E-state index in [1.165, 1.54) is 19.3 Å². The smallest absolute Gasteiger partial charge is 0.244 e. The van der Waals surface area contributed by atoms with E-state index in [-0.39, 0.29) is 17.0 Å². The normalized spacial score (nSPS) is 32.6. The number of fused-ring (bicyclic) bond motifs is 2. The van der Waals surface area contributed by atoms with E-state index >= 15 is 0 Å². The molecule has 0 amide bonds. The summed E-state index contributed by atoms with van der Waals surface area (Å²) in [6.07, 6.45) is 3.64. The van der Waals surface area contributed by atoms with Crippen LogP contribution in [0.25, 0.3) is 0 Å². The lowest BCUT2D eigenvalue weighted by atomic mass is 9.92. The highest BCUT2D eigenvalue weighted by atomic mass is 32.2. The molecule has 0 spiro atoms. The minimum absolute atomic E-state index is 0.0889. The zero-order valence-electron chi connectivity index (χ0n) is 11.2. The summed E-state index contributed by atoms with van der Waals surface area (Å²) in [7, 11) is -3.47. The highest BCUT2D eigenvalue weighted by molar-refractivity contribution is 7.89. The van der Waals surface area contributed by atoms with Gasteiger partial charge in [-0.2, -0.15) is 0 Å². The molecule has 3 aliphatic rings. The van der Waals surface area contributed by atoms with Gasteiger partial charge < -0.3 is 4.74 Å². The van der Waals surface area contributed by atoms with Crippen molar-refractivity contribution < 1.29 is 13.2 Å². The third-order valence-electron chi connectivity index (χ3n) is 4.61. The number of sulfonamides is 1. The molecular formula is C14H18N2O3S. The number of nitrogens with one attached hydrogen (secondary N) is 1. The van der Waals surface area contributed by atoms with Crippen molar-refractivity contribution in [3.8, 4) is 5.75 Å². The van der Waals surface area contributed by atoms with E-state index in [0.717, 1.165) is 13.1 Å². The molecule has 2 heterocycles. The van der Waals surface area contributed by atoms with Crippen LogP contribution in [-0.4, -0.2) is 44.6 Å². The zero-order chi connectivity index (χ0) is 13.7. The van der Waals surface area contributed by atoms with Crippen LogP contribution in [0, 0.1) is 0 Å². The zero-order valence-corrected chi connectivity index (χ0v) is 12.0. The van der Waals surface area contributed by atoms with E-state index in [4.69, 9.17) is 4.74 Å². The quantitative estimate of drug-likeness (QED) is 0.838. The fourth-order valence-electron chi connectivity index (χ4n) is 3.28. The maximum absolute atomic E-state index is 12.4. The summed E-state index contributed by atoms with van der Waals surface area (Å²) in [5.41, 5.74) is 0. The lowest BCUT2D eigenvalue weighted by molar-refractivity contribution is 0.131. The molecule has 20 heavy (non-hydrogen) atoms. The van der Waals surface area contributed by atoms with Crippen LogP contribution in [0.15, 0.2) is 29.2 Å². The molecule has 2 aliphatic heterocycles. The van der Waals surface area contributed by atoms with Crippen LogP contribution in [0.4, 0.5) is 0 Å². The average molecular weight is 294 g/mol. The van der Waals surface area contributed by atoms with E-state index in [9.17, 15) is 8.42 Å². The molecule has 2 fully saturated rings. The Morgan fingerprint density at radius 1 is 1.20 bits per heavy atom. The highest BCUT2D eigenvalue weighted by Gasteiger charge is 2.43. The van der Waals surface area contributed by atoms with Crippen molar-refractivity contribution in [3.63, 3.8) is 0 Å². The summed E-state index contributed by atoms with van der Waals surface area (Å²) in [5, 5.41) is 0. The van der Waals surface area contributed by atoms with Crippen LogP contribution >= 0.6 is 0 Å². The van der Waals surface area contributed by atoms with Crippen molar-refractivity contribution in [1.29, 1.82) is 0 Å². The van der Waals surface area contributed by atoms with Gasteiger partial charge in [-0.05, 0) is 25.0 Å². The molecule has 0 radical (unpaired) electrons. The SMILES string of the molecule is O=S1(=O)N[C@@H]2CN(C3CCC3)C[C@@H]2Oc2ccccc21. The molecule has 1 N–H and O–H groups in total. The minimum atomic E-state index is -3.47. The van der Waals surface area contributed by atoms with Gasteiger partial charge in [0.25, 0.3) is 0 Å². The lowest BCUT2D eigenvalue weighted by Gasteiger charge is -2.34. The van der Waals surface area contributed by atoms with Crippen LogP contribution < -0.4 is 9.46 Å². The van der Waals surface area contributed by atoms with Gasteiger partial charge in [0.15, 0.2) is 0 Å². The number of likely N-dealkylation sites (tertiary alicyclic amines) is 1. The Labute approximate surface area is 119 Å².